The van der Waals surface area contributed by atoms with Crippen LogP contribution in [0.5, 0.6) is 0 Å². The van der Waals surface area contributed by atoms with Crippen molar-refractivity contribution in [3.63, 3.8) is 0 Å². The number of nitrogens with zero attached hydrogens (tertiary/aromatic N) is 1. The van der Waals surface area contributed by atoms with Crippen LogP contribution in [0.4, 0.5) is 4.79 Å². The first-order valence-corrected chi connectivity index (χ1v) is 6.71. The van der Waals surface area contributed by atoms with Crippen LogP contribution in [0.15, 0.2) is 29.2 Å². The minimum atomic E-state index is -0.236. The van der Waals surface area contributed by atoms with E-state index in [-0.39, 0.29) is 17.2 Å². The van der Waals surface area contributed by atoms with E-state index in [0.29, 0.717) is 9.93 Å². The van der Waals surface area contributed by atoms with Gasteiger partial charge in [-0.2, -0.15) is 0 Å². The quantitative estimate of drug-likeness (QED) is 0.774. The monoisotopic (exact) mass is 281 g/mol. The lowest BCUT2D eigenvalue weighted by Crippen LogP contribution is -2.34. The molecule has 1 fully saturated rings. The van der Waals surface area contributed by atoms with Crippen LogP contribution in [0, 0.1) is 0 Å². The summed E-state index contributed by atoms with van der Waals surface area (Å²) in [7, 11) is 0. The lowest BCUT2D eigenvalue weighted by Gasteiger charge is -2.16. The van der Waals surface area contributed by atoms with Crippen LogP contribution in [0.25, 0.3) is 6.08 Å². The summed E-state index contributed by atoms with van der Waals surface area (Å²) in [6.45, 7) is 3.64. The molecule has 0 aromatic heterocycles. The van der Waals surface area contributed by atoms with E-state index in [9.17, 15) is 9.59 Å². The van der Waals surface area contributed by atoms with Gasteiger partial charge in [0.15, 0.2) is 0 Å². The van der Waals surface area contributed by atoms with Crippen molar-refractivity contribution < 1.29 is 9.59 Å². The summed E-state index contributed by atoms with van der Waals surface area (Å²) >= 11 is 6.84. The van der Waals surface area contributed by atoms with Gasteiger partial charge in [0.1, 0.15) is 0 Å². The van der Waals surface area contributed by atoms with Crippen LogP contribution in [0.2, 0.25) is 5.02 Å². The number of carbonyl (C=O) groups excluding carboxylic acids is 2. The molecule has 0 unspecified atom stereocenters. The molecule has 0 spiro atoms. The molecule has 1 saturated heterocycles. The highest BCUT2D eigenvalue weighted by Gasteiger charge is 2.36. The van der Waals surface area contributed by atoms with E-state index in [4.69, 9.17) is 11.6 Å². The highest BCUT2D eigenvalue weighted by Crippen LogP contribution is 2.33. The van der Waals surface area contributed by atoms with E-state index >= 15 is 0 Å². The summed E-state index contributed by atoms with van der Waals surface area (Å²) < 4.78 is 0. The molecule has 1 aromatic carbocycles. The van der Waals surface area contributed by atoms with Crippen LogP contribution in [0.1, 0.15) is 19.4 Å². The first-order valence-electron chi connectivity index (χ1n) is 5.51. The molecule has 5 heteroatoms. The van der Waals surface area contributed by atoms with Crippen molar-refractivity contribution in [2.24, 2.45) is 0 Å². The first-order chi connectivity index (χ1) is 8.49. The number of thioether (sulfide) groups is 1. The van der Waals surface area contributed by atoms with E-state index in [1.54, 1.807) is 24.3 Å². The Morgan fingerprint density at radius 1 is 1.33 bits per heavy atom. The van der Waals surface area contributed by atoms with E-state index in [2.05, 4.69) is 0 Å². The van der Waals surface area contributed by atoms with Gasteiger partial charge in [-0.3, -0.25) is 14.5 Å². The van der Waals surface area contributed by atoms with Gasteiger partial charge in [0.2, 0.25) is 0 Å². The average molecular weight is 282 g/mol. The predicted molar refractivity (Wildman–Crippen MR) is 74.4 cm³/mol. The molecule has 1 aromatic rings. The minimum absolute atomic E-state index is 0.122. The van der Waals surface area contributed by atoms with Gasteiger partial charge in [-0.1, -0.05) is 23.7 Å². The van der Waals surface area contributed by atoms with Gasteiger partial charge in [-0.05, 0) is 49.4 Å². The Hall–Kier alpha value is -1.26. The summed E-state index contributed by atoms with van der Waals surface area (Å²) in [4.78, 5) is 25.4. The maximum Gasteiger partial charge on any atom is 0.293 e. The molecule has 0 bridgehead atoms. The largest absolute Gasteiger partial charge is 0.293 e. The standard InChI is InChI=1S/C13H12ClNO2S/c1-8(2)15-12(16)11(18-13(15)17)7-9-4-3-5-10(14)6-9/h3-8H,1-2H3/b11-7-. The maximum absolute atomic E-state index is 12.0. The Labute approximate surface area is 115 Å². The molecule has 0 atom stereocenters. The molecule has 0 N–H and O–H groups in total. The van der Waals surface area contributed by atoms with E-state index in [1.165, 1.54) is 4.90 Å². The van der Waals surface area contributed by atoms with E-state index in [1.807, 2.05) is 19.9 Å². The van der Waals surface area contributed by atoms with Crippen LogP contribution < -0.4 is 0 Å². The van der Waals surface area contributed by atoms with Crippen molar-refractivity contribution in [3.05, 3.63) is 39.8 Å². The van der Waals surface area contributed by atoms with Gasteiger partial charge >= 0.3 is 0 Å². The normalized spacial score (nSPS) is 18.2. The maximum atomic E-state index is 12.0. The molecule has 2 amide bonds. The molecule has 3 nitrogen and oxygen atoms in total. The third-order valence-corrected chi connectivity index (χ3v) is 3.61. The smallest absolute Gasteiger partial charge is 0.268 e. The number of benzene rings is 1. The van der Waals surface area contributed by atoms with Crippen molar-refractivity contribution in [1.29, 1.82) is 0 Å². The van der Waals surface area contributed by atoms with Gasteiger partial charge in [0, 0.05) is 11.1 Å². The molecule has 1 aliphatic heterocycles. The summed E-state index contributed by atoms with van der Waals surface area (Å²) in [5, 5.41) is 0.384. The van der Waals surface area contributed by atoms with Gasteiger partial charge in [0.05, 0.1) is 4.91 Å². The van der Waals surface area contributed by atoms with Gasteiger partial charge in [0.25, 0.3) is 11.1 Å². The average Bonchev–Trinajstić information content (AvgIpc) is 2.54. The van der Waals surface area contributed by atoms with Crippen LogP contribution in [-0.2, 0) is 4.79 Å². The lowest BCUT2D eigenvalue weighted by atomic mass is 10.2. The molecule has 94 valence electrons. The zero-order valence-electron chi connectivity index (χ0n) is 10.0. The number of amides is 2. The molecular weight excluding hydrogens is 270 g/mol. The second-order valence-corrected chi connectivity index (χ2v) is 5.63. The third-order valence-electron chi connectivity index (χ3n) is 2.49. The fraction of sp³-hybridized carbons (Fsp3) is 0.231. The fourth-order valence-electron chi connectivity index (χ4n) is 1.67. The molecule has 2 rings (SSSR count). The lowest BCUT2D eigenvalue weighted by molar-refractivity contribution is -0.123. The van der Waals surface area contributed by atoms with Crippen LogP contribution in [0.3, 0.4) is 0 Å². The Bertz CT molecular complexity index is 540. The van der Waals surface area contributed by atoms with Gasteiger partial charge in [-0.15, -0.1) is 0 Å². The summed E-state index contributed by atoms with van der Waals surface area (Å²) in [6, 6.07) is 7.04. The second kappa shape index (κ2) is 5.16. The Morgan fingerprint density at radius 3 is 2.61 bits per heavy atom. The number of halogens is 1. The van der Waals surface area contributed by atoms with Crippen LogP contribution >= 0.6 is 23.4 Å². The number of hydrogen-bond acceptors (Lipinski definition) is 3. The topological polar surface area (TPSA) is 37.4 Å². The molecule has 0 aliphatic carbocycles. The van der Waals surface area contributed by atoms with Crippen molar-refractivity contribution in [2.45, 2.75) is 19.9 Å². The third kappa shape index (κ3) is 2.60. The highest BCUT2D eigenvalue weighted by molar-refractivity contribution is 8.18. The van der Waals surface area contributed by atoms with E-state index < -0.39 is 0 Å². The summed E-state index contributed by atoms with van der Waals surface area (Å²) in [6.07, 6.45) is 1.69. The zero-order chi connectivity index (χ0) is 13.3. The molecule has 1 aliphatic rings. The second-order valence-electron chi connectivity index (χ2n) is 4.20. The number of hydrogen-bond donors (Lipinski definition) is 0. The molecule has 1 heterocycles. The number of carbonyl (C=O) groups is 2. The minimum Gasteiger partial charge on any atom is -0.268 e. The van der Waals surface area contributed by atoms with Gasteiger partial charge < -0.3 is 0 Å². The molecule has 0 radical (unpaired) electrons. The van der Waals surface area contributed by atoms with Crippen molar-refractivity contribution in [3.8, 4) is 0 Å². The molecule has 0 saturated carbocycles. The van der Waals surface area contributed by atoms with Crippen molar-refractivity contribution >= 4 is 40.6 Å². The SMILES string of the molecule is CC(C)N1C(=O)S/C(=C\c2cccc(Cl)c2)C1=O. The van der Waals surface area contributed by atoms with Crippen LogP contribution in [-0.4, -0.2) is 22.1 Å². The Balaban J connectivity index is 2.31. The fourth-order valence-corrected chi connectivity index (χ4v) is 2.83. The predicted octanol–water partition coefficient (Wildman–Crippen LogP) is 3.78. The summed E-state index contributed by atoms with van der Waals surface area (Å²) in [5.41, 5.74) is 0.816. The first kappa shape index (κ1) is 13.2. The van der Waals surface area contributed by atoms with Crippen molar-refractivity contribution in [2.75, 3.05) is 0 Å². The highest BCUT2D eigenvalue weighted by atomic mass is 35.5. The molecular formula is C13H12ClNO2S. The summed E-state index contributed by atoms with van der Waals surface area (Å²) in [5.74, 6) is -0.236. The molecule has 18 heavy (non-hydrogen) atoms. The van der Waals surface area contributed by atoms with E-state index in [0.717, 1.165) is 17.3 Å². The van der Waals surface area contributed by atoms with Gasteiger partial charge in [-0.25, -0.2) is 0 Å². The Morgan fingerprint density at radius 2 is 2.06 bits per heavy atom. The zero-order valence-corrected chi connectivity index (χ0v) is 11.6. The number of imide groups is 1. The number of rotatable bonds is 2. The van der Waals surface area contributed by atoms with Crippen molar-refractivity contribution in [1.82, 2.24) is 4.90 Å². The Kier molecular flexibility index (Phi) is 3.78.